The summed E-state index contributed by atoms with van der Waals surface area (Å²) in [5, 5.41) is 10.5. The monoisotopic (exact) mass is 570 g/mol. The lowest BCUT2D eigenvalue weighted by Gasteiger charge is -2.19. The minimum atomic E-state index is -5.01. The average Bonchev–Trinajstić information content (AvgIpc) is 3.48. The number of sulfone groups is 2. The average molecular weight is 571 g/mol. The number of alkyl halides is 3. The number of methoxy groups -OCH3 is 1. The number of ether oxygens (including phenoxy) is 1. The maximum atomic E-state index is 14.1. The molecule has 2 saturated carbocycles. The van der Waals surface area contributed by atoms with Crippen molar-refractivity contribution in [3.63, 3.8) is 0 Å². The Kier molecular flexibility index (Phi) is 7.14. The molecule has 4 rings (SSSR count). The van der Waals surface area contributed by atoms with Crippen LogP contribution in [-0.4, -0.2) is 53.0 Å². The molecule has 38 heavy (non-hydrogen) atoms. The predicted molar refractivity (Wildman–Crippen MR) is 130 cm³/mol. The molecule has 0 aliphatic heterocycles. The Morgan fingerprint density at radius 3 is 2.16 bits per heavy atom. The van der Waals surface area contributed by atoms with Gasteiger partial charge in [-0.15, -0.1) is 0 Å². The summed E-state index contributed by atoms with van der Waals surface area (Å²) in [6, 6.07) is 10.1. The first-order chi connectivity index (χ1) is 17.6. The largest absolute Gasteiger partial charge is 0.417 e. The molecule has 204 valence electrons. The zero-order valence-electron chi connectivity index (χ0n) is 20.4. The van der Waals surface area contributed by atoms with E-state index in [1.807, 2.05) is 6.07 Å². The lowest BCUT2D eigenvalue weighted by atomic mass is 10.0. The summed E-state index contributed by atoms with van der Waals surface area (Å²) in [7, 11) is -6.76. The third kappa shape index (κ3) is 5.43. The highest BCUT2D eigenvalue weighted by Crippen LogP contribution is 2.43. The molecular formula is C25H25F3N2O6S2. The van der Waals surface area contributed by atoms with Crippen molar-refractivity contribution in [3.8, 4) is 17.2 Å². The molecule has 0 radical (unpaired) electrons. The van der Waals surface area contributed by atoms with Crippen LogP contribution in [-0.2, 0) is 35.4 Å². The molecule has 0 heterocycles. The van der Waals surface area contributed by atoms with E-state index in [-0.39, 0.29) is 28.9 Å². The molecule has 1 unspecified atom stereocenters. The normalized spacial score (nSPS) is 23.0. The van der Waals surface area contributed by atoms with Crippen LogP contribution in [0, 0.1) is 17.2 Å². The quantitative estimate of drug-likeness (QED) is 0.539. The molecule has 13 heteroatoms. The highest BCUT2D eigenvalue weighted by molar-refractivity contribution is 7.92. The van der Waals surface area contributed by atoms with Crippen LogP contribution >= 0.6 is 0 Å². The summed E-state index contributed by atoms with van der Waals surface area (Å²) in [5.74, 6) is -1.50. The summed E-state index contributed by atoms with van der Waals surface area (Å²) in [6.45, 7) is 0. The molecule has 2 aromatic rings. The summed E-state index contributed by atoms with van der Waals surface area (Å²) in [4.78, 5) is 11.9. The SMILES string of the molecule is CO[C@H]1CC(S(=O)(=O)c2ccc(-c3ccc(S(C)(=O)=O)cc3)cc2C(F)(F)F)C[C@@H]1C(=O)NC1(C#N)CC1. The van der Waals surface area contributed by atoms with Gasteiger partial charge in [0.25, 0.3) is 0 Å². The van der Waals surface area contributed by atoms with E-state index in [1.165, 1.54) is 37.4 Å². The third-order valence-corrected chi connectivity index (χ3v) is 10.4. The van der Waals surface area contributed by atoms with Crippen LogP contribution in [0.4, 0.5) is 13.2 Å². The Bertz CT molecular complexity index is 1510. The number of carbonyl (C=O) groups is 1. The van der Waals surface area contributed by atoms with Crippen LogP contribution in [0.1, 0.15) is 31.2 Å². The van der Waals surface area contributed by atoms with Gasteiger partial charge >= 0.3 is 6.18 Å². The maximum Gasteiger partial charge on any atom is 0.417 e. The van der Waals surface area contributed by atoms with Gasteiger partial charge < -0.3 is 10.1 Å². The molecule has 2 aliphatic carbocycles. The molecule has 2 aromatic carbocycles. The van der Waals surface area contributed by atoms with E-state index in [2.05, 4.69) is 5.32 Å². The number of hydrogen-bond acceptors (Lipinski definition) is 7. The van der Waals surface area contributed by atoms with Crippen molar-refractivity contribution in [1.82, 2.24) is 5.32 Å². The number of benzene rings is 2. The molecule has 0 aromatic heterocycles. The van der Waals surface area contributed by atoms with Crippen molar-refractivity contribution in [2.24, 2.45) is 5.92 Å². The van der Waals surface area contributed by atoms with E-state index in [4.69, 9.17) is 4.74 Å². The lowest BCUT2D eigenvalue weighted by molar-refractivity contribution is -0.139. The van der Waals surface area contributed by atoms with Gasteiger partial charge in [0.1, 0.15) is 5.54 Å². The molecule has 0 bridgehead atoms. The Labute approximate surface area is 218 Å². The van der Waals surface area contributed by atoms with Gasteiger partial charge in [0.2, 0.25) is 5.91 Å². The van der Waals surface area contributed by atoms with Crippen LogP contribution < -0.4 is 5.32 Å². The van der Waals surface area contributed by atoms with Gasteiger partial charge in [0.05, 0.1) is 38.7 Å². The molecule has 1 N–H and O–H groups in total. The number of amides is 1. The number of carbonyl (C=O) groups excluding carboxylic acids is 1. The van der Waals surface area contributed by atoms with Crippen LogP contribution in [0.3, 0.4) is 0 Å². The van der Waals surface area contributed by atoms with E-state index >= 15 is 0 Å². The van der Waals surface area contributed by atoms with Crippen LogP contribution in [0.5, 0.6) is 0 Å². The number of rotatable bonds is 7. The zero-order chi connectivity index (χ0) is 28.1. The molecule has 8 nitrogen and oxygen atoms in total. The van der Waals surface area contributed by atoms with E-state index in [0.717, 1.165) is 18.4 Å². The minimum absolute atomic E-state index is 0.00797. The Hall–Kier alpha value is -2.95. The summed E-state index contributed by atoms with van der Waals surface area (Å²) in [5.41, 5.74) is -2.01. The van der Waals surface area contributed by atoms with Crippen molar-refractivity contribution in [2.75, 3.05) is 13.4 Å². The lowest BCUT2D eigenvalue weighted by Crippen LogP contribution is -2.42. The fraction of sp³-hybridized carbons (Fsp3) is 0.440. The third-order valence-electron chi connectivity index (χ3n) is 7.07. The van der Waals surface area contributed by atoms with Gasteiger partial charge in [-0.25, -0.2) is 16.8 Å². The second kappa shape index (κ2) is 9.66. The van der Waals surface area contributed by atoms with Gasteiger partial charge in [0.15, 0.2) is 19.7 Å². The van der Waals surface area contributed by atoms with Crippen molar-refractivity contribution in [3.05, 3.63) is 48.0 Å². The summed E-state index contributed by atoms with van der Waals surface area (Å²) < 4.78 is 97.9. The number of halogens is 3. The fourth-order valence-electron chi connectivity index (χ4n) is 4.72. The molecule has 1 amide bonds. The second-order valence-corrected chi connectivity index (χ2v) is 13.9. The molecule has 2 fully saturated rings. The van der Waals surface area contributed by atoms with Gasteiger partial charge in [-0.2, -0.15) is 18.4 Å². The van der Waals surface area contributed by atoms with Crippen molar-refractivity contribution in [1.29, 1.82) is 5.26 Å². The van der Waals surface area contributed by atoms with Gasteiger partial charge in [0, 0.05) is 13.4 Å². The van der Waals surface area contributed by atoms with Crippen molar-refractivity contribution in [2.45, 2.75) is 58.5 Å². The van der Waals surface area contributed by atoms with E-state index in [9.17, 15) is 40.1 Å². The molecule has 0 spiro atoms. The predicted octanol–water partition coefficient (Wildman–Crippen LogP) is 3.52. The standard InChI is InChI=1S/C25H25F3N2O6S2/c1-36-21-13-18(12-19(21)23(31)30-24(14-29)9-10-24)38(34,35)22-8-5-16(11-20(22)25(26,27)28)15-3-6-17(7-4-15)37(2,32)33/h3-8,11,18-19,21H,9-10,12-13H2,1-2H3,(H,30,31)/t18?,19-,21-/m0/s1. The highest BCUT2D eigenvalue weighted by atomic mass is 32.2. The summed E-state index contributed by atoms with van der Waals surface area (Å²) >= 11 is 0. The van der Waals surface area contributed by atoms with E-state index in [1.54, 1.807) is 0 Å². The van der Waals surface area contributed by atoms with Crippen LogP contribution in [0.25, 0.3) is 11.1 Å². The number of nitrogens with zero attached hydrogens (tertiary/aromatic N) is 1. The van der Waals surface area contributed by atoms with E-state index < -0.39 is 65.0 Å². The molecule has 0 saturated heterocycles. The van der Waals surface area contributed by atoms with Crippen molar-refractivity contribution < 1.29 is 39.5 Å². The Balaban J connectivity index is 1.66. The van der Waals surface area contributed by atoms with Crippen LogP contribution in [0.15, 0.2) is 52.3 Å². The smallest absolute Gasteiger partial charge is 0.381 e. The summed E-state index contributed by atoms with van der Waals surface area (Å²) in [6.07, 6.45) is -4.33. The van der Waals surface area contributed by atoms with E-state index in [0.29, 0.717) is 12.8 Å². The molecule has 3 atom stereocenters. The van der Waals surface area contributed by atoms with Gasteiger partial charge in [-0.3, -0.25) is 4.79 Å². The second-order valence-electron chi connectivity index (χ2n) is 9.71. The Morgan fingerprint density at radius 1 is 1.05 bits per heavy atom. The molecular weight excluding hydrogens is 545 g/mol. The first-order valence-corrected chi connectivity index (χ1v) is 15.1. The molecule has 2 aliphatic rings. The maximum absolute atomic E-state index is 14.1. The minimum Gasteiger partial charge on any atom is -0.381 e. The van der Waals surface area contributed by atoms with Gasteiger partial charge in [-0.1, -0.05) is 18.2 Å². The zero-order valence-corrected chi connectivity index (χ0v) is 22.1. The first kappa shape index (κ1) is 28.1. The first-order valence-electron chi connectivity index (χ1n) is 11.6. The van der Waals surface area contributed by atoms with Crippen molar-refractivity contribution >= 4 is 25.6 Å². The van der Waals surface area contributed by atoms with Gasteiger partial charge in [-0.05, 0) is 61.1 Å². The number of nitriles is 1. The topological polar surface area (TPSA) is 130 Å². The fourth-order valence-corrected chi connectivity index (χ4v) is 7.35. The number of hydrogen-bond donors (Lipinski definition) is 1. The number of nitrogens with one attached hydrogen (secondary N) is 1. The van der Waals surface area contributed by atoms with Crippen LogP contribution in [0.2, 0.25) is 0 Å². The Morgan fingerprint density at radius 2 is 1.66 bits per heavy atom. The highest BCUT2D eigenvalue weighted by Gasteiger charge is 2.51.